The van der Waals surface area contributed by atoms with E-state index in [0.717, 1.165) is 17.8 Å². The Morgan fingerprint density at radius 1 is 1.17 bits per heavy atom. The topological polar surface area (TPSA) is 38.0 Å². The van der Waals surface area contributed by atoms with E-state index in [9.17, 15) is 5.11 Å². The molecule has 0 aliphatic heterocycles. The Hall–Kier alpha value is -1.77. The van der Waals surface area contributed by atoms with Gasteiger partial charge in [0.25, 0.3) is 0 Å². The van der Waals surface area contributed by atoms with Crippen LogP contribution in [0.3, 0.4) is 0 Å². The lowest BCUT2D eigenvalue weighted by Crippen LogP contribution is -2.00. The van der Waals surface area contributed by atoms with Crippen LogP contribution in [0.4, 0.5) is 0 Å². The minimum absolute atomic E-state index is 0.203. The average molecular weight is 244 g/mol. The Balaban J connectivity index is 2.38. The summed E-state index contributed by atoms with van der Waals surface area (Å²) in [6, 6.07) is 7.82. The summed E-state index contributed by atoms with van der Waals surface area (Å²) in [5.74, 6) is 0.737. The van der Waals surface area contributed by atoms with Gasteiger partial charge in [-0.3, -0.25) is 0 Å². The molecule has 2 rings (SSSR count). The lowest BCUT2D eigenvalue weighted by Gasteiger charge is -2.06. The molecule has 0 unspecified atom stereocenters. The van der Waals surface area contributed by atoms with Gasteiger partial charge in [-0.25, -0.2) is 4.68 Å². The SMILES string of the molecule is Cc1ccc(-n2nc(CC(C)C)cc2O)cc1C. The molecule has 0 saturated heterocycles. The van der Waals surface area contributed by atoms with Crippen LogP contribution in [0.1, 0.15) is 30.7 Å². The highest BCUT2D eigenvalue weighted by molar-refractivity contribution is 5.41. The average Bonchev–Trinajstić information content (AvgIpc) is 2.62. The van der Waals surface area contributed by atoms with Crippen LogP contribution in [0.15, 0.2) is 24.3 Å². The lowest BCUT2D eigenvalue weighted by molar-refractivity contribution is 0.433. The Morgan fingerprint density at radius 3 is 2.50 bits per heavy atom. The second-order valence-corrected chi connectivity index (χ2v) is 5.27. The Labute approximate surface area is 108 Å². The van der Waals surface area contributed by atoms with E-state index >= 15 is 0 Å². The fourth-order valence-electron chi connectivity index (χ4n) is 1.98. The highest BCUT2D eigenvalue weighted by Gasteiger charge is 2.10. The van der Waals surface area contributed by atoms with Gasteiger partial charge in [0, 0.05) is 6.07 Å². The maximum atomic E-state index is 9.96. The van der Waals surface area contributed by atoms with Crippen LogP contribution in [0, 0.1) is 19.8 Å². The van der Waals surface area contributed by atoms with Crippen LogP contribution in [0.25, 0.3) is 5.69 Å². The highest BCUT2D eigenvalue weighted by atomic mass is 16.3. The number of aryl methyl sites for hydroxylation is 2. The molecule has 18 heavy (non-hydrogen) atoms. The van der Waals surface area contributed by atoms with Crippen LogP contribution in [-0.2, 0) is 6.42 Å². The first-order valence-electron chi connectivity index (χ1n) is 6.33. The molecule has 1 aromatic carbocycles. The van der Waals surface area contributed by atoms with Gasteiger partial charge in [-0.05, 0) is 49.4 Å². The summed E-state index contributed by atoms with van der Waals surface area (Å²) >= 11 is 0. The van der Waals surface area contributed by atoms with E-state index in [1.807, 2.05) is 18.2 Å². The summed E-state index contributed by atoms with van der Waals surface area (Å²) in [5, 5.41) is 14.4. The molecule has 0 bridgehead atoms. The maximum Gasteiger partial charge on any atom is 0.214 e. The van der Waals surface area contributed by atoms with Crippen molar-refractivity contribution in [3.05, 3.63) is 41.1 Å². The smallest absolute Gasteiger partial charge is 0.214 e. The molecule has 0 spiro atoms. The monoisotopic (exact) mass is 244 g/mol. The van der Waals surface area contributed by atoms with Gasteiger partial charge in [-0.2, -0.15) is 5.10 Å². The molecule has 0 radical (unpaired) electrons. The molecule has 0 aliphatic rings. The van der Waals surface area contributed by atoms with Gasteiger partial charge in [0.1, 0.15) is 0 Å². The first-order valence-corrected chi connectivity index (χ1v) is 6.33. The molecule has 0 saturated carbocycles. The zero-order valence-electron chi connectivity index (χ0n) is 11.4. The second kappa shape index (κ2) is 4.84. The molecular formula is C15H20N2O. The van der Waals surface area contributed by atoms with Crippen molar-refractivity contribution in [3.8, 4) is 11.6 Å². The van der Waals surface area contributed by atoms with E-state index in [-0.39, 0.29) is 5.88 Å². The van der Waals surface area contributed by atoms with Gasteiger partial charge in [-0.15, -0.1) is 0 Å². The quantitative estimate of drug-likeness (QED) is 0.898. The largest absolute Gasteiger partial charge is 0.493 e. The van der Waals surface area contributed by atoms with Crippen molar-refractivity contribution in [3.63, 3.8) is 0 Å². The van der Waals surface area contributed by atoms with Crippen LogP contribution in [-0.4, -0.2) is 14.9 Å². The summed E-state index contributed by atoms with van der Waals surface area (Å²) in [6.45, 7) is 8.43. The normalized spacial score (nSPS) is 11.2. The number of benzene rings is 1. The number of aromatic nitrogens is 2. The van der Waals surface area contributed by atoms with Gasteiger partial charge < -0.3 is 5.11 Å². The molecule has 1 heterocycles. The van der Waals surface area contributed by atoms with Crippen molar-refractivity contribution in [1.29, 1.82) is 0 Å². The van der Waals surface area contributed by atoms with Crippen molar-refractivity contribution in [2.75, 3.05) is 0 Å². The van der Waals surface area contributed by atoms with Crippen molar-refractivity contribution >= 4 is 0 Å². The first-order chi connectivity index (χ1) is 8.47. The molecule has 3 nitrogen and oxygen atoms in total. The third-order valence-electron chi connectivity index (χ3n) is 3.09. The van der Waals surface area contributed by atoms with Gasteiger partial charge in [-0.1, -0.05) is 19.9 Å². The lowest BCUT2D eigenvalue weighted by atomic mass is 10.1. The minimum atomic E-state index is 0.203. The van der Waals surface area contributed by atoms with E-state index < -0.39 is 0 Å². The number of nitrogens with zero attached hydrogens (tertiary/aromatic N) is 2. The molecular weight excluding hydrogens is 224 g/mol. The van der Waals surface area contributed by atoms with Crippen molar-refractivity contribution in [2.24, 2.45) is 5.92 Å². The number of rotatable bonds is 3. The molecule has 0 aliphatic carbocycles. The summed E-state index contributed by atoms with van der Waals surface area (Å²) < 4.78 is 1.60. The maximum absolute atomic E-state index is 9.96. The molecule has 1 aromatic heterocycles. The predicted octanol–water partition coefficient (Wildman–Crippen LogP) is 3.39. The fourth-order valence-corrected chi connectivity index (χ4v) is 1.98. The molecule has 2 aromatic rings. The van der Waals surface area contributed by atoms with Crippen LogP contribution >= 0.6 is 0 Å². The predicted molar refractivity (Wildman–Crippen MR) is 73.2 cm³/mol. The molecule has 1 N–H and O–H groups in total. The highest BCUT2D eigenvalue weighted by Crippen LogP contribution is 2.21. The summed E-state index contributed by atoms with van der Waals surface area (Å²) in [4.78, 5) is 0. The summed E-state index contributed by atoms with van der Waals surface area (Å²) in [6.07, 6.45) is 0.880. The van der Waals surface area contributed by atoms with Crippen LogP contribution in [0.5, 0.6) is 5.88 Å². The second-order valence-electron chi connectivity index (χ2n) is 5.27. The third-order valence-corrected chi connectivity index (χ3v) is 3.09. The minimum Gasteiger partial charge on any atom is -0.493 e. The fraction of sp³-hybridized carbons (Fsp3) is 0.400. The first kappa shape index (κ1) is 12.7. The number of aromatic hydroxyl groups is 1. The molecule has 3 heteroatoms. The van der Waals surface area contributed by atoms with Crippen molar-refractivity contribution < 1.29 is 5.11 Å². The Kier molecular flexibility index (Phi) is 3.41. The molecule has 0 amide bonds. The summed E-state index contributed by atoms with van der Waals surface area (Å²) in [5.41, 5.74) is 4.28. The number of hydrogen-bond acceptors (Lipinski definition) is 2. The van der Waals surface area contributed by atoms with Crippen molar-refractivity contribution in [1.82, 2.24) is 9.78 Å². The van der Waals surface area contributed by atoms with E-state index in [4.69, 9.17) is 0 Å². The molecule has 0 atom stereocenters. The Morgan fingerprint density at radius 2 is 1.89 bits per heavy atom. The summed E-state index contributed by atoms with van der Waals surface area (Å²) in [7, 11) is 0. The molecule has 0 fully saturated rings. The van der Waals surface area contributed by atoms with Crippen LogP contribution < -0.4 is 0 Å². The van der Waals surface area contributed by atoms with Gasteiger partial charge >= 0.3 is 0 Å². The third kappa shape index (κ3) is 2.55. The Bertz CT molecular complexity index is 556. The van der Waals surface area contributed by atoms with Crippen molar-refractivity contribution in [2.45, 2.75) is 34.1 Å². The van der Waals surface area contributed by atoms with Crippen LogP contribution in [0.2, 0.25) is 0 Å². The van der Waals surface area contributed by atoms with E-state index in [0.29, 0.717) is 5.92 Å². The van der Waals surface area contributed by atoms with E-state index in [1.54, 1.807) is 10.7 Å². The van der Waals surface area contributed by atoms with E-state index in [2.05, 4.69) is 32.8 Å². The van der Waals surface area contributed by atoms with Gasteiger partial charge in [0.05, 0.1) is 11.4 Å². The van der Waals surface area contributed by atoms with E-state index in [1.165, 1.54) is 11.1 Å². The zero-order chi connectivity index (χ0) is 13.3. The molecule has 96 valence electrons. The standard InChI is InChI=1S/C15H20N2O/c1-10(2)7-13-9-15(18)17(16-13)14-6-5-11(3)12(4)8-14/h5-6,8-10,18H,7H2,1-4H3. The van der Waals surface area contributed by atoms with Gasteiger partial charge in [0.15, 0.2) is 0 Å². The zero-order valence-corrected chi connectivity index (χ0v) is 11.4. The number of hydrogen-bond donors (Lipinski definition) is 1. The van der Waals surface area contributed by atoms with Gasteiger partial charge in [0.2, 0.25) is 5.88 Å².